The second-order valence-electron chi connectivity index (χ2n) is 5.82. The van der Waals surface area contributed by atoms with Gasteiger partial charge in [0, 0.05) is 18.5 Å². The van der Waals surface area contributed by atoms with E-state index in [9.17, 15) is 4.79 Å². The topological polar surface area (TPSA) is 64.9 Å². The Kier molecular flexibility index (Phi) is 3.85. The lowest BCUT2D eigenvalue weighted by atomic mass is 10.2. The van der Waals surface area contributed by atoms with Crippen LogP contribution >= 0.6 is 0 Å². The fourth-order valence-corrected chi connectivity index (χ4v) is 2.71. The van der Waals surface area contributed by atoms with Crippen molar-refractivity contribution in [3.05, 3.63) is 65.6 Å². The molecule has 1 aliphatic rings. The summed E-state index contributed by atoms with van der Waals surface area (Å²) in [6, 6.07) is 9.54. The Morgan fingerprint density at radius 1 is 1.32 bits per heavy atom. The van der Waals surface area contributed by atoms with Crippen molar-refractivity contribution in [2.45, 2.75) is 13.5 Å². The number of carbonyl (C=O) groups is 1. The summed E-state index contributed by atoms with van der Waals surface area (Å²) in [7, 11) is 0. The predicted molar refractivity (Wildman–Crippen MR) is 93.4 cm³/mol. The highest BCUT2D eigenvalue weighted by atomic mass is 16.7. The van der Waals surface area contributed by atoms with Crippen molar-refractivity contribution in [1.82, 2.24) is 14.7 Å². The first-order chi connectivity index (χ1) is 12.2. The minimum absolute atomic E-state index is 0.175. The zero-order valence-corrected chi connectivity index (χ0v) is 13.7. The Morgan fingerprint density at radius 3 is 3.08 bits per heavy atom. The van der Waals surface area contributed by atoms with Crippen LogP contribution < -0.4 is 14.8 Å². The summed E-state index contributed by atoms with van der Waals surface area (Å²) in [5.41, 5.74) is 3.70. The van der Waals surface area contributed by atoms with Crippen LogP contribution in [0.25, 0.3) is 11.7 Å². The van der Waals surface area contributed by atoms with Crippen molar-refractivity contribution >= 4 is 17.6 Å². The zero-order chi connectivity index (χ0) is 17.2. The summed E-state index contributed by atoms with van der Waals surface area (Å²) in [6.45, 7) is 2.63. The minimum Gasteiger partial charge on any atom is -0.454 e. The molecule has 1 N–H and O–H groups in total. The van der Waals surface area contributed by atoms with Gasteiger partial charge in [0.15, 0.2) is 11.5 Å². The van der Waals surface area contributed by atoms with E-state index in [-0.39, 0.29) is 12.7 Å². The van der Waals surface area contributed by atoms with Crippen LogP contribution in [0, 0.1) is 6.92 Å². The van der Waals surface area contributed by atoms with Gasteiger partial charge in [0.05, 0.1) is 12.2 Å². The lowest BCUT2D eigenvalue weighted by Gasteiger charge is -1.99. The molecule has 0 unspecified atom stereocenters. The lowest BCUT2D eigenvalue weighted by molar-refractivity contribution is -0.116. The van der Waals surface area contributed by atoms with Gasteiger partial charge in [0.25, 0.3) is 0 Å². The fourth-order valence-electron chi connectivity index (χ4n) is 2.71. The molecule has 1 amide bonds. The molecule has 1 aliphatic heterocycles. The molecule has 0 saturated heterocycles. The van der Waals surface area contributed by atoms with Gasteiger partial charge >= 0.3 is 0 Å². The van der Waals surface area contributed by atoms with Gasteiger partial charge in [-0.3, -0.25) is 4.79 Å². The van der Waals surface area contributed by atoms with E-state index in [2.05, 4.69) is 10.3 Å². The Labute approximate surface area is 144 Å². The molecule has 0 fully saturated rings. The first kappa shape index (κ1) is 15.3. The van der Waals surface area contributed by atoms with E-state index in [1.54, 1.807) is 6.08 Å². The number of rotatable bonds is 4. The third kappa shape index (κ3) is 3.19. The molecular weight excluding hydrogens is 318 g/mol. The maximum Gasteiger partial charge on any atom is 0.244 e. The normalized spacial score (nSPS) is 12.8. The molecule has 3 heterocycles. The molecule has 4 rings (SSSR count). The number of aryl methyl sites for hydroxylation is 1. The van der Waals surface area contributed by atoms with E-state index < -0.39 is 0 Å². The Morgan fingerprint density at radius 2 is 2.20 bits per heavy atom. The summed E-state index contributed by atoms with van der Waals surface area (Å²) < 4.78 is 12.5. The number of benzene rings is 1. The molecule has 6 nitrogen and oxygen atoms in total. The van der Waals surface area contributed by atoms with Crippen molar-refractivity contribution in [2.24, 2.45) is 0 Å². The van der Waals surface area contributed by atoms with Crippen molar-refractivity contribution in [1.29, 1.82) is 0 Å². The van der Waals surface area contributed by atoms with Crippen LogP contribution in [0.15, 0.2) is 48.8 Å². The van der Waals surface area contributed by atoms with Gasteiger partial charge < -0.3 is 19.2 Å². The molecule has 2 aromatic heterocycles. The van der Waals surface area contributed by atoms with Crippen molar-refractivity contribution < 1.29 is 14.3 Å². The maximum absolute atomic E-state index is 12.0. The Hall–Kier alpha value is -3.28. The molecule has 1 aromatic carbocycles. The van der Waals surface area contributed by atoms with Gasteiger partial charge in [-0.15, -0.1) is 0 Å². The number of amides is 1. The minimum atomic E-state index is -0.175. The van der Waals surface area contributed by atoms with Crippen LogP contribution in [0.2, 0.25) is 0 Å². The number of aromatic nitrogens is 2. The quantitative estimate of drug-likeness (QED) is 0.745. The molecule has 0 saturated carbocycles. The van der Waals surface area contributed by atoms with E-state index in [4.69, 9.17) is 9.47 Å². The van der Waals surface area contributed by atoms with Crippen molar-refractivity contribution in [3.8, 4) is 11.5 Å². The number of hydrogen-bond donors (Lipinski definition) is 1. The average Bonchev–Trinajstić information content (AvgIpc) is 3.24. The fraction of sp³-hybridized carbons (Fsp3) is 0.158. The lowest BCUT2D eigenvalue weighted by Crippen LogP contribution is -2.20. The highest BCUT2D eigenvalue weighted by molar-refractivity contribution is 5.91. The summed E-state index contributed by atoms with van der Waals surface area (Å²) >= 11 is 0. The van der Waals surface area contributed by atoms with Crippen LogP contribution in [0.1, 0.15) is 16.8 Å². The number of imidazole rings is 1. The van der Waals surface area contributed by atoms with Gasteiger partial charge in [0.1, 0.15) is 5.65 Å². The number of carbonyl (C=O) groups excluding carboxylic acids is 1. The maximum atomic E-state index is 12.0. The number of ether oxygens (including phenoxy) is 2. The first-order valence-corrected chi connectivity index (χ1v) is 7.98. The highest BCUT2D eigenvalue weighted by Crippen LogP contribution is 2.32. The summed E-state index contributed by atoms with van der Waals surface area (Å²) in [6.07, 6.45) is 7.11. The van der Waals surface area contributed by atoms with Crippen molar-refractivity contribution in [3.63, 3.8) is 0 Å². The number of fused-ring (bicyclic) bond motifs is 2. The molecule has 6 heteroatoms. The van der Waals surface area contributed by atoms with E-state index in [1.807, 2.05) is 54.0 Å². The molecule has 0 atom stereocenters. The van der Waals surface area contributed by atoms with Gasteiger partial charge in [-0.2, -0.15) is 0 Å². The molecule has 0 spiro atoms. The molecule has 25 heavy (non-hydrogen) atoms. The van der Waals surface area contributed by atoms with E-state index in [1.165, 1.54) is 6.08 Å². The van der Waals surface area contributed by atoms with Crippen LogP contribution in [0.3, 0.4) is 0 Å². The second-order valence-corrected chi connectivity index (χ2v) is 5.82. The number of pyridine rings is 1. The largest absolute Gasteiger partial charge is 0.454 e. The summed E-state index contributed by atoms with van der Waals surface area (Å²) in [5.74, 6) is 1.25. The third-order valence-corrected chi connectivity index (χ3v) is 4.00. The molecule has 0 bridgehead atoms. The Bertz CT molecular complexity index is 975. The first-order valence-electron chi connectivity index (χ1n) is 7.98. The highest BCUT2D eigenvalue weighted by Gasteiger charge is 2.12. The monoisotopic (exact) mass is 335 g/mol. The van der Waals surface area contributed by atoms with Crippen LogP contribution in [0.5, 0.6) is 11.5 Å². The summed E-state index contributed by atoms with van der Waals surface area (Å²) in [5, 5.41) is 2.84. The van der Waals surface area contributed by atoms with E-state index in [0.717, 1.165) is 28.2 Å². The van der Waals surface area contributed by atoms with Gasteiger partial charge in [-0.1, -0.05) is 12.1 Å². The van der Waals surface area contributed by atoms with Crippen LogP contribution in [-0.2, 0) is 11.3 Å². The van der Waals surface area contributed by atoms with Crippen molar-refractivity contribution in [2.75, 3.05) is 6.79 Å². The van der Waals surface area contributed by atoms with Gasteiger partial charge in [-0.05, 0) is 42.3 Å². The molecule has 0 radical (unpaired) electrons. The van der Waals surface area contributed by atoms with Crippen LogP contribution in [-0.4, -0.2) is 22.1 Å². The zero-order valence-electron chi connectivity index (χ0n) is 13.7. The number of nitrogens with zero attached hydrogens (tertiary/aromatic N) is 2. The molecule has 126 valence electrons. The SMILES string of the molecule is Cc1cccn2cc(CNC(=O)C=Cc3ccc4c(c3)OCO4)nc12. The smallest absolute Gasteiger partial charge is 0.244 e. The number of hydrogen-bond acceptors (Lipinski definition) is 4. The van der Waals surface area contributed by atoms with Gasteiger partial charge in [0.2, 0.25) is 12.7 Å². The molecule has 0 aliphatic carbocycles. The molecular formula is C19H17N3O3. The van der Waals surface area contributed by atoms with E-state index in [0.29, 0.717) is 12.3 Å². The standard InChI is InChI=1S/C19H17N3O3/c1-13-3-2-8-22-11-15(21-19(13)22)10-20-18(23)7-5-14-4-6-16-17(9-14)25-12-24-16/h2-9,11H,10,12H2,1H3,(H,20,23). The van der Waals surface area contributed by atoms with E-state index >= 15 is 0 Å². The van der Waals surface area contributed by atoms with Gasteiger partial charge in [-0.25, -0.2) is 4.98 Å². The summed E-state index contributed by atoms with van der Waals surface area (Å²) in [4.78, 5) is 16.6. The second kappa shape index (κ2) is 6.32. The average molecular weight is 335 g/mol. The third-order valence-electron chi connectivity index (χ3n) is 4.00. The number of nitrogens with one attached hydrogen (secondary N) is 1. The Balaban J connectivity index is 1.39. The van der Waals surface area contributed by atoms with Crippen LogP contribution in [0.4, 0.5) is 0 Å². The molecule has 3 aromatic rings. The predicted octanol–water partition coefficient (Wildman–Crippen LogP) is 2.70.